The Balaban J connectivity index is 2.28. The maximum absolute atomic E-state index is 5.98. The van der Waals surface area contributed by atoms with Gasteiger partial charge in [-0.05, 0) is 24.6 Å². The standard InChI is InChI=1S/C13H12Cl2N2O/c1-8-12(14)16-11(17-13(8)15)7-9-4-3-5-10(6-9)18-2/h3-6H,7H2,1-2H3. The zero-order valence-electron chi connectivity index (χ0n) is 10.1. The first-order chi connectivity index (χ1) is 8.60. The summed E-state index contributed by atoms with van der Waals surface area (Å²) in [6.07, 6.45) is 0.566. The number of methoxy groups -OCH3 is 1. The van der Waals surface area contributed by atoms with Crippen molar-refractivity contribution in [2.45, 2.75) is 13.3 Å². The van der Waals surface area contributed by atoms with Gasteiger partial charge in [-0.3, -0.25) is 0 Å². The molecule has 2 rings (SSSR count). The van der Waals surface area contributed by atoms with Crippen molar-refractivity contribution >= 4 is 23.2 Å². The molecule has 94 valence electrons. The van der Waals surface area contributed by atoms with E-state index in [2.05, 4.69) is 9.97 Å². The largest absolute Gasteiger partial charge is 0.497 e. The molecule has 0 saturated carbocycles. The van der Waals surface area contributed by atoms with Crippen LogP contribution in [0.3, 0.4) is 0 Å². The highest BCUT2D eigenvalue weighted by atomic mass is 35.5. The van der Waals surface area contributed by atoms with E-state index in [0.717, 1.165) is 11.3 Å². The molecule has 0 unspecified atom stereocenters. The average Bonchev–Trinajstić information content (AvgIpc) is 2.36. The maximum Gasteiger partial charge on any atom is 0.137 e. The van der Waals surface area contributed by atoms with E-state index in [-0.39, 0.29) is 0 Å². The van der Waals surface area contributed by atoms with Gasteiger partial charge in [0.25, 0.3) is 0 Å². The number of ether oxygens (including phenoxy) is 1. The Morgan fingerprint density at radius 3 is 2.44 bits per heavy atom. The van der Waals surface area contributed by atoms with Crippen molar-refractivity contribution in [3.05, 3.63) is 51.5 Å². The number of nitrogens with zero attached hydrogens (tertiary/aromatic N) is 2. The van der Waals surface area contributed by atoms with Crippen LogP contribution in [0.5, 0.6) is 5.75 Å². The molecule has 0 bridgehead atoms. The third kappa shape index (κ3) is 2.92. The molecular formula is C13H12Cl2N2O. The molecule has 1 aromatic carbocycles. The van der Waals surface area contributed by atoms with E-state index in [4.69, 9.17) is 27.9 Å². The van der Waals surface area contributed by atoms with Crippen molar-refractivity contribution in [3.8, 4) is 5.75 Å². The van der Waals surface area contributed by atoms with Gasteiger partial charge in [0.1, 0.15) is 21.9 Å². The highest BCUT2D eigenvalue weighted by Gasteiger charge is 2.08. The number of rotatable bonds is 3. The minimum Gasteiger partial charge on any atom is -0.497 e. The summed E-state index contributed by atoms with van der Waals surface area (Å²) in [6.45, 7) is 1.79. The zero-order chi connectivity index (χ0) is 13.1. The third-order valence-electron chi connectivity index (χ3n) is 2.57. The van der Waals surface area contributed by atoms with Gasteiger partial charge in [0.05, 0.1) is 7.11 Å². The predicted octanol–water partition coefficient (Wildman–Crippen LogP) is 3.69. The van der Waals surface area contributed by atoms with Crippen molar-refractivity contribution in [1.82, 2.24) is 9.97 Å². The lowest BCUT2D eigenvalue weighted by Gasteiger charge is -2.06. The van der Waals surface area contributed by atoms with E-state index >= 15 is 0 Å². The van der Waals surface area contributed by atoms with Crippen LogP contribution in [-0.4, -0.2) is 17.1 Å². The molecule has 0 N–H and O–H groups in total. The molecule has 1 aromatic heterocycles. The summed E-state index contributed by atoms with van der Waals surface area (Å²) in [5, 5.41) is 0.792. The fourth-order valence-electron chi connectivity index (χ4n) is 1.55. The summed E-state index contributed by atoms with van der Waals surface area (Å²) >= 11 is 12.0. The smallest absolute Gasteiger partial charge is 0.137 e. The van der Waals surface area contributed by atoms with Crippen molar-refractivity contribution in [3.63, 3.8) is 0 Å². The van der Waals surface area contributed by atoms with E-state index in [1.807, 2.05) is 24.3 Å². The lowest BCUT2D eigenvalue weighted by molar-refractivity contribution is 0.414. The highest BCUT2D eigenvalue weighted by Crippen LogP contribution is 2.21. The fourth-order valence-corrected chi connectivity index (χ4v) is 1.97. The highest BCUT2D eigenvalue weighted by molar-refractivity contribution is 6.34. The normalized spacial score (nSPS) is 10.4. The Bertz CT molecular complexity index is 550. The van der Waals surface area contributed by atoms with Gasteiger partial charge in [0.15, 0.2) is 0 Å². The second kappa shape index (κ2) is 5.55. The summed E-state index contributed by atoms with van der Waals surface area (Å²) in [7, 11) is 1.63. The summed E-state index contributed by atoms with van der Waals surface area (Å²) < 4.78 is 5.17. The van der Waals surface area contributed by atoms with E-state index in [1.165, 1.54) is 0 Å². The number of aromatic nitrogens is 2. The van der Waals surface area contributed by atoms with Crippen LogP contribution in [0.4, 0.5) is 0 Å². The lowest BCUT2D eigenvalue weighted by atomic mass is 10.1. The van der Waals surface area contributed by atoms with E-state index in [1.54, 1.807) is 14.0 Å². The Labute approximate surface area is 116 Å². The minimum absolute atomic E-state index is 0.396. The van der Waals surface area contributed by atoms with Crippen LogP contribution < -0.4 is 4.74 Å². The average molecular weight is 283 g/mol. The molecule has 0 spiro atoms. The van der Waals surface area contributed by atoms with Crippen molar-refractivity contribution in [1.29, 1.82) is 0 Å². The van der Waals surface area contributed by atoms with Gasteiger partial charge in [-0.2, -0.15) is 0 Å². The molecule has 1 heterocycles. The maximum atomic E-state index is 5.98. The van der Waals surface area contributed by atoms with Crippen molar-refractivity contribution < 1.29 is 4.74 Å². The molecule has 2 aromatic rings. The molecule has 0 saturated heterocycles. The third-order valence-corrected chi connectivity index (χ3v) is 3.31. The van der Waals surface area contributed by atoms with E-state index < -0.39 is 0 Å². The molecule has 0 aliphatic rings. The molecule has 3 nitrogen and oxygen atoms in total. The molecule has 18 heavy (non-hydrogen) atoms. The number of benzene rings is 1. The van der Waals surface area contributed by atoms with Gasteiger partial charge in [-0.1, -0.05) is 35.3 Å². The van der Waals surface area contributed by atoms with Gasteiger partial charge >= 0.3 is 0 Å². The van der Waals surface area contributed by atoms with Crippen LogP contribution in [0.2, 0.25) is 10.3 Å². The number of hydrogen-bond donors (Lipinski definition) is 0. The first-order valence-electron chi connectivity index (χ1n) is 5.41. The summed E-state index contributed by atoms with van der Waals surface area (Å²) in [5.41, 5.74) is 1.75. The van der Waals surface area contributed by atoms with Crippen LogP contribution in [0.25, 0.3) is 0 Å². The lowest BCUT2D eigenvalue weighted by Crippen LogP contribution is -1.99. The Morgan fingerprint density at radius 1 is 1.17 bits per heavy atom. The summed E-state index contributed by atoms with van der Waals surface area (Å²) in [4.78, 5) is 8.43. The fraction of sp³-hybridized carbons (Fsp3) is 0.231. The minimum atomic E-state index is 0.396. The number of halogens is 2. The van der Waals surface area contributed by atoms with Crippen LogP contribution >= 0.6 is 23.2 Å². The molecule has 0 aliphatic carbocycles. The zero-order valence-corrected chi connectivity index (χ0v) is 11.6. The van der Waals surface area contributed by atoms with Gasteiger partial charge < -0.3 is 4.74 Å². The Kier molecular flexibility index (Phi) is 4.04. The van der Waals surface area contributed by atoms with Gasteiger partial charge in [-0.25, -0.2) is 9.97 Å². The molecule has 0 atom stereocenters. The van der Waals surface area contributed by atoms with Crippen LogP contribution in [-0.2, 0) is 6.42 Å². The molecule has 0 aliphatic heterocycles. The second-order valence-corrected chi connectivity index (χ2v) is 4.59. The Morgan fingerprint density at radius 2 is 1.83 bits per heavy atom. The molecule has 0 amide bonds. The van der Waals surface area contributed by atoms with E-state index in [0.29, 0.717) is 28.1 Å². The summed E-state index contributed by atoms with van der Waals surface area (Å²) in [5.74, 6) is 1.40. The van der Waals surface area contributed by atoms with Crippen LogP contribution in [0, 0.1) is 6.92 Å². The number of hydrogen-bond acceptors (Lipinski definition) is 3. The molecule has 0 radical (unpaired) electrons. The predicted molar refractivity (Wildman–Crippen MR) is 72.6 cm³/mol. The topological polar surface area (TPSA) is 35.0 Å². The van der Waals surface area contributed by atoms with Crippen LogP contribution in [0.1, 0.15) is 17.0 Å². The van der Waals surface area contributed by atoms with Gasteiger partial charge in [0.2, 0.25) is 0 Å². The molecule has 5 heteroatoms. The van der Waals surface area contributed by atoms with Gasteiger partial charge in [-0.15, -0.1) is 0 Å². The molecular weight excluding hydrogens is 271 g/mol. The van der Waals surface area contributed by atoms with Crippen molar-refractivity contribution in [2.75, 3.05) is 7.11 Å². The van der Waals surface area contributed by atoms with Crippen LogP contribution in [0.15, 0.2) is 24.3 Å². The van der Waals surface area contributed by atoms with Gasteiger partial charge in [0, 0.05) is 12.0 Å². The first-order valence-corrected chi connectivity index (χ1v) is 6.17. The SMILES string of the molecule is COc1cccc(Cc2nc(Cl)c(C)c(Cl)n2)c1. The van der Waals surface area contributed by atoms with E-state index in [9.17, 15) is 0 Å². The monoisotopic (exact) mass is 282 g/mol. The van der Waals surface area contributed by atoms with Crippen molar-refractivity contribution in [2.24, 2.45) is 0 Å². The quantitative estimate of drug-likeness (QED) is 0.806. The first kappa shape index (κ1) is 13.1. The summed E-state index contributed by atoms with van der Waals surface area (Å²) in [6, 6.07) is 7.73. The second-order valence-electron chi connectivity index (χ2n) is 3.87. The molecule has 0 fully saturated rings. The Hall–Kier alpha value is -1.32.